The zero-order chi connectivity index (χ0) is 15.8. The molecule has 21 heavy (non-hydrogen) atoms. The van der Waals surface area contributed by atoms with E-state index in [0.29, 0.717) is 19.5 Å². The number of thiocarbonyl (C=S) groups is 1. The molecule has 0 aliphatic carbocycles. The molecule has 1 saturated heterocycles. The Hall–Kier alpha value is -1.76. The van der Waals surface area contributed by atoms with Gasteiger partial charge >= 0.3 is 0 Å². The van der Waals surface area contributed by atoms with Crippen molar-refractivity contribution < 1.29 is 13.6 Å². The lowest BCUT2D eigenvalue weighted by Crippen LogP contribution is -2.39. The Morgan fingerprint density at radius 3 is 2.67 bits per heavy atom. The number of benzene rings is 1. The van der Waals surface area contributed by atoms with Crippen LogP contribution in [-0.2, 0) is 4.79 Å². The summed E-state index contributed by atoms with van der Waals surface area (Å²) in [4.78, 5) is 13.3. The van der Waals surface area contributed by atoms with E-state index in [-0.39, 0.29) is 22.1 Å². The zero-order valence-electron chi connectivity index (χ0n) is 11.9. The second kappa shape index (κ2) is 5.55. The first-order valence-electron chi connectivity index (χ1n) is 6.55. The van der Waals surface area contributed by atoms with Crippen LogP contribution in [-0.4, -0.2) is 31.0 Å². The van der Waals surface area contributed by atoms with Gasteiger partial charge in [-0.2, -0.15) is 0 Å². The van der Waals surface area contributed by atoms with Crippen LogP contribution in [0.5, 0.6) is 0 Å². The van der Waals surface area contributed by atoms with E-state index in [0.717, 1.165) is 0 Å². The highest BCUT2D eigenvalue weighted by Crippen LogP contribution is 2.35. The van der Waals surface area contributed by atoms with E-state index in [4.69, 9.17) is 5.73 Å². The van der Waals surface area contributed by atoms with Gasteiger partial charge in [-0.1, -0.05) is 12.2 Å². The van der Waals surface area contributed by atoms with E-state index in [1.165, 1.54) is 12.1 Å². The summed E-state index contributed by atoms with van der Waals surface area (Å²) in [6.45, 7) is 2.62. The maximum Gasteiger partial charge on any atom is 0.227 e. The number of anilines is 1. The Morgan fingerprint density at radius 1 is 1.43 bits per heavy atom. The van der Waals surface area contributed by atoms with Gasteiger partial charge in [0.2, 0.25) is 5.91 Å². The molecule has 1 atom stereocenters. The number of nitrogens with zero attached hydrogens (tertiary/aromatic N) is 1. The summed E-state index contributed by atoms with van der Waals surface area (Å²) < 4.78 is 28.1. The highest BCUT2D eigenvalue weighted by Gasteiger charge is 2.40. The summed E-state index contributed by atoms with van der Waals surface area (Å²) in [5, 5.41) is 2.60. The molecule has 0 spiro atoms. The molecule has 2 rings (SSSR count). The van der Waals surface area contributed by atoms with Crippen LogP contribution in [0.1, 0.15) is 18.9 Å². The number of hydrogen-bond donors (Lipinski definition) is 2. The van der Waals surface area contributed by atoms with Crippen molar-refractivity contribution in [3.05, 3.63) is 29.3 Å². The summed E-state index contributed by atoms with van der Waals surface area (Å²) in [6, 6.07) is 2.81. The monoisotopic (exact) mass is 313 g/mol. The number of carbonyl (C=O) groups is 1. The molecule has 0 saturated carbocycles. The van der Waals surface area contributed by atoms with Gasteiger partial charge < -0.3 is 16.0 Å². The van der Waals surface area contributed by atoms with E-state index in [2.05, 4.69) is 17.5 Å². The quantitative estimate of drug-likeness (QED) is 0.832. The third-order valence-corrected chi connectivity index (χ3v) is 4.14. The van der Waals surface area contributed by atoms with Gasteiger partial charge in [0.15, 0.2) is 11.6 Å². The van der Waals surface area contributed by atoms with E-state index in [1.807, 2.05) is 6.92 Å². The third kappa shape index (κ3) is 2.70. The molecule has 1 heterocycles. The van der Waals surface area contributed by atoms with Crippen molar-refractivity contribution in [2.75, 3.05) is 25.0 Å². The van der Waals surface area contributed by atoms with Crippen molar-refractivity contribution in [2.24, 2.45) is 11.1 Å². The standard InChI is InChI=1S/C14H17F2N3OS/c1-14(13(20)18-2)5-6-19(7-14)9-4-3-8(12(17)21)10(15)11(9)16/h3-4H,5-7H2,1-2H3,(H2,17,21)(H,18,20). The van der Waals surface area contributed by atoms with Gasteiger partial charge in [0.1, 0.15) is 4.99 Å². The van der Waals surface area contributed by atoms with E-state index in [9.17, 15) is 13.6 Å². The van der Waals surface area contributed by atoms with Crippen LogP contribution in [0.15, 0.2) is 12.1 Å². The fraction of sp³-hybridized carbons (Fsp3) is 0.429. The number of hydrogen-bond acceptors (Lipinski definition) is 3. The molecule has 3 N–H and O–H groups in total. The lowest BCUT2D eigenvalue weighted by atomic mass is 9.89. The largest absolute Gasteiger partial charge is 0.389 e. The van der Waals surface area contributed by atoms with Crippen molar-refractivity contribution in [1.29, 1.82) is 0 Å². The summed E-state index contributed by atoms with van der Waals surface area (Å²) in [5.41, 5.74) is 4.75. The zero-order valence-corrected chi connectivity index (χ0v) is 12.7. The molecule has 0 bridgehead atoms. The van der Waals surface area contributed by atoms with Crippen LogP contribution in [0.4, 0.5) is 14.5 Å². The van der Waals surface area contributed by atoms with Crippen LogP contribution < -0.4 is 16.0 Å². The number of carbonyl (C=O) groups excluding carboxylic acids is 1. The summed E-state index contributed by atoms with van der Waals surface area (Å²) in [6.07, 6.45) is 0.574. The highest BCUT2D eigenvalue weighted by atomic mass is 32.1. The average Bonchev–Trinajstić information content (AvgIpc) is 2.84. The Balaban J connectivity index is 2.31. The summed E-state index contributed by atoms with van der Waals surface area (Å²) in [7, 11) is 1.56. The molecule has 4 nitrogen and oxygen atoms in total. The Morgan fingerprint density at radius 2 is 2.10 bits per heavy atom. The van der Waals surface area contributed by atoms with Gasteiger partial charge in [-0.15, -0.1) is 0 Å². The minimum absolute atomic E-state index is 0.106. The second-order valence-corrected chi connectivity index (χ2v) is 5.88. The SMILES string of the molecule is CNC(=O)C1(C)CCN(c2ccc(C(N)=S)c(F)c2F)C1. The maximum absolute atomic E-state index is 14.2. The predicted octanol–water partition coefficient (Wildman–Crippen LogP) is 1.56. The number of nitrogens with one attached hydrogen (secondary N) is 1. The lowest BCUT2D eigenvalue weighted by molar-refractivity contribution is -0.128. The number of nitrogens with two attached hydrogens (primary N) is 1. The number of rotatable bonds is 3. The first-order chi connectivity index (χ1) is 9.80. The molecule has 1 amide bonds. The Kier molecular flexibility index (Phi) is 4.13. The molecular formula is C14H17F2N3OS. The van der Waals surface area contributed by atoms with Gasteiger partial charge in [-0.3, -0.25) is 4.79 Å². The molecule has 0 aromatic heterocycles. The van der Waals surface area contributed by atoms with Gasteiger partial charge in [-0.05, 0) is 25.5 Å². The molecule has 1 unspecified atom stereocenters. The van der Waals surface area contributed by atoms with E-state index < -0.39 is 17.0 Å². The third-order valence-electron chi connectivity index (χ3n) is 3.92. The molecule has 1 aliphatic rings. The number of halogens is 2. The van der Waals surface area contributed by atoms with Gasteiger partial charge in [0, 0.05) is 25.7 Å². The number of amides is 1. The topological polar surface area (TPSA) is 58.4 Å². The smallest absolute Gasteiger partial charge is 0.227 e. The Labute approximate surface area is 127 Å². The van der Waals surface area contributed by atoms with Crippen molar-refractivity contribution in [3.63, 3.8) is 0 Å². The van der Waals surface area contributed by atoms with Crippen LogP contribution in [0.2, 0.25) is 0 Å². The van der Waals surface area contributed by atoms with Crippen molar-refractivity contribution in [1.82, 2.24) is 5.32 Å². The normalized spacial score (nSPS) is 21.4. The van der Waals surface area contributed by atoms with Gasteiger partial charge in [0.25, 0.3) is 0 Å². The fourth-order valence-electron chi connectivity index (χ4n) is 2.63. The van der Waals surface area contributed by atoms with Crippen LogP contribution >= 0.6 is 12.2 Å². The fourth-order valence-corrected chi connectivity index (χ4v) is 2.79. The van der Waals surface area contributed by atoms with Crippen LogP contribution in [0.25, 0.3) is 0 Å². The molecular weight excluding hydrogens is 296 g/mol. The lowest BCUT2D eigenvalue weighted by Gasteiger charge is -2.24. The average molecular weight is 313 g/mol. The molecule has 1 aromatic carbocycles. The molecule has 0 radical (unpaired) electrons. The molecule has 114 valence electrons. The predicted molar refractivity (Wildman–Crippen MR) is 81.2 cm³/mol. The molecule has 1 aromatic rings. The van der Waals surface area contributed by atoms with E-state index >= 15 is 0 Å². The van der Waals surface area contributed by atoms with Gasteiger partial charge in [0.05, 0.1) is 11.1 Å². The first-order valence-corrected chi connectivity index (χ1v) is 6.96. The first kappa shape index (κ1) is 15.6. The van der Waals surface area contributed by atoms with Crippen LogP contribution in [0.3, 0.4) is 0 Å². The van der Waals surface area contributed by atoms with Crippen LogP contribution in [0, 0.1) is 17.0 Å². The Bertz CT molecular complexity index is 608. The van der Waals surface area contributed by atoms with Gasteiger partial charge in [-0.25, -0.2) is 8.78 Å². The summed E-state index contributed by atoms with van der Waals surface area (Å²) >= 11 is 4.68. The minimum atomic E-state index is -1.05. The minimum Gasteiger partial charge on any atom is -0.389 e. The molecule has 7 heteroatoms. The highest BCUT2D eigenvalue weighted by molar-refractivity contribution is 7.80. The van der Waals surface area contributed by atoms with Crippen molar-refractivity contribution >= 4 is 28.8 Å². The van der Waals surface area contributed by atoms with E-state index in [1.54, 1.807) is 11.9 Å². The molecule has 1 aliphatic heterocycles. The second-order valence-electron chi connectivity index (χ2n) is 5.44. The maximum atomic E-state index is 14.2. The molecule has 1 fully saturated rings. The van der Waals surface area contributed by atoms with Crippen molar-refractivity contribution in [2.45, 2.75) is 13.3 Å². The summed E-state index contributed by atoms with van der Waals surface area (Å²) in [5.74, 6) is -2.14. The van der Waals surface area contributed by atoms with Crippen molar-refractivity contribution in [3.8, 4) is 0 Å².